The van der Waals surface area contributed by atoms with Crippen molar-refractivity contribution < 1.29 is 18.9 Å². The van der Waals surface area contributed by atoms with Gasteiger partial charge in [-0.1, -0.05) is 12.1 Å². The minimum atomic E-state index is 0.223. The predicted molar refractivity (Wildman–Crippen MR) is 115 cm³/mol. The Morgan fingerprint density at radius 3 is 1.56 bits per heavy atom. The second-order valence-electron chi connectivity index (χ2n) is 6.78. The standard InChI is InChI=1S/C22H24N6O4/c1-29-15-31-13-17-9-11-27(25-17)21-7-3-5-19(23-21)20-6-4-8-22(24-20)28-12-10-18(26-28)14-32-16-30-2/h3-12H,13-16H2,1-2H3. The lowest BCUT2D eigenvalue weighted by molar-refractivity contribution is -0.0402. The number of pyridine rings is 2. The molecule has 0 N–H and O–H groups in total. The molecule has 0 unspecified atom stereocenters. The SMILES string of the molecule is COCOCc1ccn(-c2cccc(-c3cccc(-n4ccc(COCOC)n4)n3)n2)n1. The molecule has 0 aliphatic rings. The normalized spacial score (nSPS) is 11.2. The Labute approximate surface area is 185 Å². The first kappa shape index (κ1) is 21.8. The summed E-state index contributed by atoms with van der Waals surface area (Å²) in [5, 5.41) is 9.01. The van der Waals surface area contributed by atoms with Crippen molar-refractivity contribution in [2.24, 2.45) is 0 Å². The van der Waals surface area contributed by atoms with Crippen molar-refractivity contribution in [3.8, 4) is 23.0 Å². The van der Waals surface area contributed by atoms with E-state index in [1.54, 1.807) is 23.6 Å². The molecule has 0 amide bonds. The molecule has 0 radical (unpaired) electrons. The lowest BCUT2D eigenvalue weighted by Crippen LogP contribution is -2.04. The Morgan fingerprint density at radius 2 is 1.12 bits per heavy atom. The van der Waals surface area contributed by atoms with E-state index in [4.69, 9.17) is 28.9 Å². The zero-order valence-electron chi connectivity index (χ0n) is 17.9. The lowest BCUT2D eigenvalue weighted by Gasteiger charge is -2.07. The Hall–Kier alpha value is -3.44. The van der Waals surface area contributed by atoms with Gasteiger partial charge in [-0.15, -0.1) is 0 Å². The molecule has 0 fully saturated rings. The molecule has 0 saturated heterocycles. The van der Waals surface area contributed by atoms with Crippen LogP contribution in [-0.2, 0) is 32.2 Å². The fraction of sp³-hybridized carbons (Fsp3) is 0.273. The monoisotopic (exact) mass is 436 g/mol. The molecule has 4 rings (SSSR count). The van der Waals surface area contributed by atoms with Gasteiger partial charge in [0.25, 0.3) is 0 Å². The molecule has 0 spiro atoms. The molecule has 10 heteroatoms. The molecular formula is C22H24N6O4. The minimum Gasteiger partial charge on any atom is -0.359 e. The van der Waals surface area contributed by atoms with Crippen LogP contribution in [0.25, 0.3) is 23.0 Å². The second kappa shape index (κ2) is 10.7. The second-order valence-corrected chi connectivity index (χ2v) is 6.78. The Kier molecular flexibility index (Phi) is 7.31. The summed E-state index contributed by atoms with van der Waals surface area (Å²) in [5.74, 6) is 1.37. The number of aromatic nitrogens is 6. The van der Waals surface area contributed by atoms with Gasteiger partial charge in [0.15, 0.2) is 11.6 Å². The molecule has 10 nitrogen and oxygen atoms in total. The summed E-state index contributed by atoms with van der Waals surface area (Å²) in [4.78, 5) is 9.44. The highest BCUT2D eigenvalue weighted by Crippen LogP contribution is 2.18. The molecule has 0 atom stereocenters. The molecule has 0 bridgehead atoms. The van der Waals surface area contributed by atoms with E-state index in [0.717, 1.165) is 22.8 Å². The van der Waals surface area contributed by atoms with E-state index in [0.29, 0.717) is 24.8 Å². The topological polar surface area (TPSA) is 98.3 Å². The van der Waals surface area contributed by atoms with Crippen molar-refractivity contribution >= 4 is 0 Å². The average molecular weight is 436 g/mol. The summed E-state index contributed by atoms with van der Waals surface area (Å²) in [5.41, 5.74) is 3.04. The van der Waals surface area contributed by atoms with Crippen LogP contribution in [0.5, 0.6) is 0 Å². The van der Waals surface area contributed by atoms with Gasteiger partial charge in [-0.05, 0) is 36.4 Å². The number of methoxy groups -OCH3 is 2. The van der Waals surface area contributed by atoms with Gasteiger partial charge in [-0.25, -0.2) is 19.3 Å². The smallest absolute Gasteiger partial charge is 0.154 e. The highest BCUT2D eigenvalue weighted by atomic mass is 16.7. The first-order valence-corrected chi connectivity index (χ1v) is 9.94. The summed E-state index contributed by atoms with van der Waals surface area (Å²) in [7, 11) is 3.17. The predicted octanol–water partition coefficient (Wildman–Crippen LogP) is 2.76. The zero-order chi connectivity index (χ0) is 22.2. The highest BCUT2D eigenvalue weighted by molar-refractivity contribution is 5.56. The first-order chi connectivity index (χ1) is 15.8. The van der Waals surface area contributed by atoms with Crippen molar-refractivity contribution in [2.75, 3.05) is 27.8 Å². The molecular weight excluding hydrogens is 412 g/mol. The lowest BCUT2D eigenvalue weighted by atomic mass is 10.2. The quantitative estimate of drug-likeness (QED) is 0.261. The van der Waals surface area contributed by atoms with Crippen LogP contribution in [0.2, 0.25) is 0 Å². The van der Waals surface area contributed by atoms with E-state index < -0.39 is 0 Å². The molecule has 4 aromatic heterocycles. The van der Waals surface area contributed by atoms with Gasteiger partial charge in [-0.2, -0.15) is 10.2 Å². The number of nitrogens with zero attached hydrogens (tertiary/aromatic N) is 6. The number of ether oxygens (including phenoxy) is 4. The molecule has 0 aromatic carbocycles. The molecule has 0 aliphatic heterocycles. The Morgan fingerprint density at radius 1 is 0.656 bits per heavy atom. The van der Waals surface area contributed by atoms with E-state index in [1.165, 1.54) is 0 Å². The number of rotatable bonds is 11. The maximum absolute atomic E-state index is 5.34. The fourth-order valence-electron chi connectivity index (χ4n) is 2.98. The summed E-state index contributed by atoms with van der Waals surface area (Å²) in [6, 6.07) is 15.2. The Balaban J connectivity index is 1.51. The van der Waals surface area contributed by atoms with Crippen LogP contribution in [-0.4, -0.2) is 57.3 Å². The third-order valence-corrected chi connectivity index (χ3v) is 4.39. The van der Waals surface area contributed by atoms with Crippen LogP contribution in [0.4, 0.5) is 0 Å². The van der Waals surface area contributed by atoms with Crippen molar-refractivity contribution in [1.82, 2.24) is 29.5 Å². The van der Waals surface area contributed by atoms with E-state index in [-0.39, 0.29) is 13.6 Å². The third-order valence-electron chi connectivity index (χ3n) is 4.39. The van der Waals surface area contributed by atoms with Gasteiger partial charge in [0, 0.05) is 26.6 Å². The zero-order valence-corrected chi connectivity index (χ0v) is 17.9. The third kappa shape index (κ3) is 5.42. The van der Waals surface area contributed by atoms with Crippen LogP contribution in [0.3, 0.4) is 0 Å². The van der Waals surface area contributed by atoms with Crippen LogP contribution in [0, 0.1) is 0 Å². The summed E-state index contributed by atoms with van der Waals surface area (Å²) < 4.78 is 23.9. The fourth-order valence-corrected chi connectivity index (χ4v) is 2.98. The Bertz CT molecular complexity index is 1050. The highest BCUT2D eigenvalue weighted by Gasteiger charge is 2.09. The van der Waals surface area contributed by atoms with Gasteiger partial charge in [-0.3, -0.25) is 0 Å². The van der Waals surface area contributed by atoms with Crippen LogP contribution in [0.1, 0.15) is 11.4 Å². The van der Waals surface area contributed by atoms with Gasteiger partial charge >= 0.3 is 0 Å². The maximum atomic E-state index is 5.34. The number of hydrogen-bond donors (Lipinski definition) is 0. The van der Waals surface area contributed by atoms with E-state index in [2.05, 4.69) is 10.2 Å². The first-order valence-electron chi connectivity index (χ1n) is 9.94. The molecule has 166 valence electrons. The van der Waals surface area contributed by atoms with E-state index in [1.807, 2.05) is 60.9 Å². The summed E-state index contributed by atoms with van der Waals surface area (Å²) >= 11 is 0. The molecule has 4 heterocycles. The average Bonchev–Trinajstić information content (AvgIpc) is 3.50. The van der Waals surface area contributed by atoms with E-state index in [9.17, 15) is 0 Å². The van der Waals surface area contributed by atoms with Gasteiger partial charge in [0.2, 0.25) is 0 Å². The molecule has 32 heavy (non-hydrogen) atoms. The van der Waals surface area contributed by atoms with Crippen LogP contribution in [0.15, 0.2) is 60.9 Å². The van der Waals surface area contributed by atoms with Crippen molar-refractivity contribution in [2.45, 2.75) is 13.2 Å². The maximum Gasteiger partial charge on any atom is 0.154 e. The number of hydrogen-bond acceptors (Lipinski definition) is 8. The molecule has 4 aromatic rings. The minimum absolute atomic E-state index is 0.223. The van der Waals surface area contributed by atoms with Gasteiger partial charge in [0.05, 0.1) is 36.0 Å². The van der Waals surface area contributed by atoms with Gasteiger partial charge < -0.3 is 18.9 Å². The summed E-state index contributed by atoms with van der Waals surface area (Å²) in [6.45, 7) is 1.18. The van der Waals surface area contributed by atoms with Crippen molar-refractivity contribution in [3.63, 3.8) is 0 Å². The van der Waals surface area contributed by atoms with Crippen LogP contribution >= 0.6 is 0 Å². The van der Waals surface area contributed by atoms with E-state index >= 15 is 0 Å². The van der Waals surface area contributed by atoms with Gasteiger partial charge in [0.1, 0.15) is 13.6 Å². The molecule has 0 aliphatic carbocycles. The van der Waals surface area contributed by atoms with Crippen LogP contribution < -0.4 is 0 Å². The molecule has 0 saturated carbocycles. The van der Waals surface area contributed by atoms with Crippen molar-refractivity contribution in [1.29, 1.82) is 0 Å². The summed E-state index contributed by atoms with van der Waals surface area (Å²) in [6.07, 6.45) is 3.69. The van der Waals surface area contributed by atoms with Crippen molar-refractivity contribution in [3.05, 3.63) is 72.3 Å². The largest absolute Gasteiger partial charge is 0.359 e.